The standard InChI is InChI=1S/C19H34N2O2S.C18H32N2O2S.C17H30N2O2S.2C13H22N2OS.C12H20N2OS/c1-7-9-21(10-8-2)12-14-23-13-11-20(6)16-15(19(3,4)5)18(24)17(16)22;1-7-9-20(8-2)11-13-22-12-10-19(6)15-14(18(3,4)5)17(23)16(15)21;1-7-8-18(5)9-11-21-12-10-19(6)14-13(17(2,3)4)16(22)15(14)20;1-13(2,3)7-6-8-14-9-10(15(4)5)11(16)12(9)17;1-5-14-9-10(12(17)11(9)16)15-8-6-7-13(2,3)4;1-12(2,3)6-5-7-14-9-8(13-4)10(15)11(9)16/h7-14H2,1-6H3;7-13H2,1-6H3;7-12H2,1-6H3;14H,6-8H2,1-5H3;14-15H,5-8H2,1-4H3;13-14H,5-7H2,1-4H3. The fourth-order valence-corrected chi connectivity index (χ4v) is 15.9. The summed E-state index contributed by atoms with van der Waals surface area (Å²) in [6.45, 7) is 69.8. The Hall–Kier alpha value is -5.04. The molecule has 0 spiro atoms. The number of ether oxygens (including phenoxy) is 3. The van der Waals surface area contributed by atoms with Gasteiger partial charge in [0.25, 0.3) is 0 Å². The quantitative estimate of drug-likeness (QED) is 0.0178. The molecule has 6 aromatic rings. The van der Waals surface area contributed by atoms with E-state index in [9.17, 15) is 28.8 Å². The molecular formula is C92H160N12O9S6. The molecule has 0 aromatic heterocycles. The van der Waals surface area contributed by atoms with Crippen LogP contribution in [-0.4, -0.2) is 202 Å². The highest BCUT2D eigenvalue weighted by atomic mass is 32.1. The number of nitrogens with one attached hydrogen (secondary N) is 5. The Morgan fingerprint density at radius 2 is 0.597 bits per heavy atom. The highest BCUT2D eigenvalue weighted by molar-refractivity contribution is 7.72. The predicted molar refractivity (Wildman–Crippen MR) is 531 cm³/mol. The molecule has 5 N–H and O–H groups in total. The highest BCUT2D eigenvalue weighted by Gasteiger charge is 2.33. The maximum atomic E-state index is 12.1. The Labute approximate surface area is 749 Å². The summed E-state index contributed by atoms with van der Waals surface area (Å²) in [5, 5.41) is 15.7. The Bertz CT molecular complexity index is 4420. The van der Waals surface area contributed by atoms with E-state index in [2.05, 4.69) is 208 Å². The van der Waals surface area contributed by atoms with Crippen molar-refractivity contribution in [1.82, 2.24) is 14.7 Å². The fourth-order valence-electron chi connectivity index (χ4n) is 13.5. The van der Waals surface area contributed by atoms with Gasteiger partial charge in [-0.05, 0) is 143 Å². The van der Waals surface area contributed by atoms with Crippen LogP contribution in [-0.2, 0) is 30.5 Å². The van der Waals surface area contributed by atoms with Crippen molar-refractivity contribution in [2.75, 3.05) is 233 Å². The Balaban J connectivity index is 0.000000719. The van der Waals surface area contributed by atoms with Crippen molar-refractivity contribution < 1.29 is 14.2 Å². The fraction of sp³-hybridized carbons (Fsp3) is 0.739. The van der Waals surface area contributed by atoms with Gasteiger partial charge in [-0.2, -0.15) is 0 Å². The molecule has 0 saturated heterocycles. The topological polar surface area (TPSA) is 213 Å². The van der Waals surface area contributed by atoms with Crippen LogP contribution in [0.15, 0.2) is 28.8 Å². The Kier molecular flexibility index (Phi) is 50.2. The number of hydrogen-bond acceptors (Lipinski definition) is 27. The normalized spacial score (nSPS) is 12.1. The molecule has 678 valence electrons. The average molecular weight is 1770 g/mol. The maximum absolute atomic E-state index is 12.1. The van der Waals surface area contributed by atoms with Crippen LogP contribution in [0.4, 0.5) is 51.2 Å². The zero-order valence-corrected chi connectivity index (χ0v) is 84.6. The minimum atomic E-state index is -0.0871. The van der Waals surface area contributed by atoms with E-state index in [0.717, 1.165) is 194 Å². The summed E-state index contributed by atoms with van der Waals surface area (Å²) < 4.78 is 20.0. The molecule has 119 heavy (non-hydrogen) atoms. The van der Waals surface area contributed by atoms with Crippen molar-refractivity contribution in [2.24, 2.45) is 16.2 Å². The minimum absolute atomic E-state index is 0.00473. The van der Waals surface area contributed by atoms with E-state index < -0.39 is 0 Å². The van der Waals surface area contributed by atoms with E-state index in [1.807, 2.05) is 61.8 Å². The minimum Gasteiger partial charge on any atom is -0.383 e. The molecule has 27 heteroatoms. The van der Waals surface area contributed by atoms with E-state index in [4.69, 9.17) is 87.5 Å². The molecule has 0 bridgehead atoms. The van der Waals surface area contributed by atoms with Gasteiger partial charge in [0.2, 0.25) is 32.6 Å². The summed E-state index contributed by atoms with van der Waals surface area (Å²) >= 11 is 30.7. The molecule has 0 unspecified atom stereocenters. The van der Waals surface area contributed by atoms with Gasteiger partial charge in [0.05, 0.1) is 87.3 Å². The van der Waals surface area contributed by atoms with Gasteiger partial charge >= 0.3 is 0 Å². The van der Waals surface area contributed by atoms with Crippen LogP contribution in [0.5, 0.6) is 0 Å². The molecule has 0 saturated carbocycles. The van der Waals surface area contributed by atoms with Crippen molar-refractivity contribution in [3.05, 3.63) is 105 Å². The lowest BCUT2D eigenvalue weighted by Gasteiger charge is -2.30. The van der Waals surface area contributed by atoms with E-state index >= 15 is 0 Å². The van der Waals surface area contributed by atoms with Gasteiger partial charge in [0.1, 0.15) is 30.6 Å². The smallest absolute Gasteiger partial charge is 0.224 e. The molecule has 0 heterocycles. The van der Waals surface area contributed by atoms with Crippen molar-refractivity contribution in [3.63, 3.8) is 0 Å². The Morgan fingerprint density at radius 3 is 0.899 bits per heavy atom. The second-order valence-electron chi connectivity index (χ2n) is 38.2. The number of rotatable bonds is 46. The molecule has 6 aromatic carbocycles. The van der Waals surface area contributed by atoms with Crippen LogP contribution >= 0.6 is 73.3 Å². The van der Waals surface area contributed by atoms with Gasteiger partial charge in [-0.3, -0.25) is 28.8 Å². The third-order valence-corrected chi connectivity index (χ3v) is 22.5. The number of hydrogen-bond donors (Lipinski definition) is 5. The molecule has 21 nitrogen and oxygen atoms in total. The summed E-state index contributed by atoms with van der Waals surface area (Å²) in [6, 6.07) is 0. The van der Waals surface area contributed by atoms with Gasteiger partial charge < -0.3 is 75.1 Å². The van der Waals surface area contributed by atoms with Crippen molar-refractivity contribution in [2.45, 2.75) is 247 Å². The van der Waals surface area contributed by atoms with Gasteiger partial charge in [0.15, 0.2) is 0 Å². The lowest BCUT2D eigenvalue weighted by Crippen LogP contribution is -2.36. The first-order chi connectivity index (χ1) is 55.1. The maximum Gasteiger partial charge on any atom is 0.224 e. The molecule has 0 aliphatic carbocycles. The van der Waals surface area contributed by atoms with Crippen LogP contribution in [0.2, 0.25) is 0 Å². The second kappa shape index (κ2) is 53.3. The number of nitrogens with zero attached hydrogens (tertiary/aromatic N) is 7. The van der Waals surface area contributed by atoms with Crippen LogP contribution in [0.1, 0.15) is 247 Å². The molecule has 0 radical (unpaired) electrons. The summed E-state index contributed by atoms with van der Waals surface area (Å²) in [7, 11) is 13.4. The lowest BCUT2D eigenvalue weighted by atomic mass is 9.82. The SMILES string of the molecule is CCCN(C)CCOCCN(C)c1c(C(C)(C)C)c(=S)c1=O.CCCN(CC)CCOCCN(C)c1c(C(C)(C)C)c(=S)c1=O.CCCN(CCC)CCOCCN(C)c1c(C(C)(C)C)c(=S)c1=O.CCNc1c(NCCCC(C)(C)C)c(=S)c1=O.CN(C)c1c(NCCCC(C)(C)C)c(=S)c1=O.CNc1c(NCCCC(C)(C)C)c(=S)c1=O. The van der Waals surface area contributed by atoms with E-state index in [1.165, 1.54) is 19.3 Å². The summed E-state index contributed by atoms with van der Waals surface area (Å²) in [5.74, 6) is 0. The van der Waals surface area contributed by atoms with Crippen molar-refractivity contribution in [1.29, 1.82) is 0 Å². The van der Waals surface area contributed by atoms with Gasteiger partial charge in [0, 0.05) is 124 Å². The Morgan fingerprint density at radius 1 is 0.311 bits per heavy atom. The van der Waals surface area contributed by atoms with Crippen LogP contribution in [0.25, 0.3) is 0 Å². The van der Waals surface area contributed by atoms with Crippen LogP contribution in [0, 0.1) is 43.3 Å². The van der Waals surface area contributed by atoms with Gasteiger partial charge in [-0.1, -0.05) is 233 Å². The monoisotopic (exact) mass is 1770 g/mol. The van der Waals surface area contributed by atoms with Crippen molar-refractivity contribution in [3.8, 4) is 0 Å². The molecule has 0 atom stereocenters. The van der Waals surface area contributed by atoms with E-state index in [0.29, 0.717) is 99.8 Å². The highest BCUT2D eigenvalue weighted by Crippen LogP contribution is 2.36. The first kappa shape index (κ1) is 112. The summed E-state index contributed by atoms with van der Waals surface area (Å²) in [4.78, 5) is 85.3. The summed E-state index contributed by atoms with van der Waals surface area (Å²) in [5.41, 5.74) is 10.6. The largest absolute Gasteiger partial charge is 0.383 e. The van der Waals surface area contributed by atoms with E-state index in [-0.39, 0.29) is 48.8 Å². The van der Waals surface area contributed by atoms with Crippen LogP contribution in [0.3, 0.4) is 0 Å². The van der Waals surface area contributed by atoms with E-state index in [1.54, 1.807) is 7.05 Å². The average Bonchev–Trinajstić information content (AvgIpc) is 0.756. The van der Waals surface area contributed by atoms with Crippen LogP contribution < -0.4 is 78.8 Å². The molecule has 0 aliphatic rings. The molecule has 0 aliphatic heterocycles. The first-order valence-electron chi connectivity index (χ1n) is 43.5. The third kappa shape index (κ3) is 37.7. The van der Waals surface area contributed by atoms with Gasteiger partial charge in [-0.25, -0.2) is 0 Å². The predicted octanol–water partition coefficient (Wildman–Crippen LogP) is 18.6. The van der Waals surface area contributed by atoms with Gasteiger partial charge in [-0.15, -0.1) is 0 Å². The lowest BCUT2D eigenvalue weighted by molar-refractivity contribution is 0.108. The van der Waals surface area contributed by atoms with Crippen molar-refractivity contribution >= 4 is 124 Å². The number of likely N-dealkylation sites (N-methyl/N-ethyl adjacent to an activating group) is 5. The zero-order chi connectivity index (χ0) is 91.5. The second-order valence-corrected chi connectivity index (χ2v) is 40.7. The molecule has 0 amide bonds. The number of anilines is 9. The molecular weight excluding hydrogens is 1610 g/mol. The third-order valence-electron chi connectivity index (χ3n) is 20.1. The zero-order valence-electron chi connectivity index (χ0n) is 79.7. The molecule has 0 fully saturated rings. The summed E-state index contributed by atoms with van der Waals surface area (Å²) in [6.07, 6.45) is 11.4. The molecule has 6 rings (SSSR count). The first-order valence-corrected chi connectivity index (χ1v) is 45.9.